The molecule has 0 fully saturated rings. The molecule has 0 radical (unpaired) electrons. The summed E-state index contributed by atoms with van der Waals surface area (Å²) in [6, 6.07) is 0. The Bertz CT molecular complexity index is 216. The minimum Gasteiger partial charge on any atom is -0.466 e. The zero-order valence-corrected chi connectivity index (χ0v) is 9.38. The summed E-state index contributed by atoms with van der Waals surface area (Å²) >= 11 is 0. The van der Waals surface area contributed by atoms with Crippen molar-refractivity contribution in [3.8, 4) is 0 Å². The van der Waals surface area contributed by atoms with E-state index in [4.69, 9.17) is 4.74 Å². The smallest absolute Gasteiger partial charge is 0.308 e. The average molecular weight is 196 g/mol. The Morgan fingerprint density at radius 3 is 2.64 bits per heavy atom. The van der Waals surface area contributed by atoms with Gasteiger partial charge in [0.15, 0.2) is 0 Å². The summed E-state index contributed by atoms with van der Waals surface area (Å²) < 4.78 is 4.89. The first-order valence-electron chi connectivity index (χ1n) is 5.04. The second-order valence-electron chi connectivity index (χ2n) is 3.52. The number of carbonyl (C=O) groups excluding carboxylic acids is 1. The van der Waals surface area contributed by atoms with Gasteiger partial charge < -0.3 is 4.74 Å². The summed E-state index contributed by atoms with van der Waals surface area (Å²) in [6.45, 7) is 9.93. The van der Waals surface area contributed by atoms with Gasteiger partial charge in [-0.3, -0.25) is 4.79 Å². The van der Waals surface area contributed by atoms with Crippen LogP contribution in [0, 0.1) is 5.92 Å². The van der Waals surface area contributed by atoms with Crippen LogP contribution in [0.5, 0.6) is 0 Å². The molecule has 0 N–H and O–H groups in total. The maximum atomic E-state index is 11.2. The fraction of sp³-hybridized carbons (Fsp3) is 0.583. The van der Waals surface area contributed by atoms with Crippen LogP contribution in [-0.4, -0.2) is 12.6 Å². The lowest BCUT2D eigenvalue weighted by atomic mass is 10.1. The van der Waals surface area contributed by atoms with Crippen LogP contribution in [0.2, 0.25) is 0 Å². The van der Waals surface area contributed by atoms with E-state index in [0.717, 1.165) is 18.4 Å². The second kappa shape index (κ2) is 7.36. The van der Waals surface area contributed by atoms with Crippen LogP contribution >= 0.6 is 0 Å². The van der Waals surface area contributed by atoms with Crippen molar-refractivity contribution in [2.75, 3.05) is 6.61 Å². The van der Waals surface area contributed by atoms with Crippen LogP contribution in [0.15, 0.2) is 24.3 Å². The molecule has 0 saturated carbocycles. The fourth-order valence-corrected chi connectivity index (χ4v) is 0.966. The highest BCUT2D eigenvalue weighted by atomic mass is 16.5. The molecule has 0 saturated heterocycles. The molecule has 0 bridgehead atoms. The minimum absolute atomic E-state index is 0.0451. The lowest BCUT2D eigenvalue weighted by Gasteiger charge is -2.06. The van der Waals surface area contributed by atoms with Gasteiger partial charge in [-0.15, -0.1) is 0 Å². The number of esters is 1. The first kappa shape index (κ1) is 12.9. The van der Waals surface area contributed by atoms with Crippen LogP contribution in [0.25, 0.3) is 0 Å². The van der Waals surface area contributed by atoms with Crippen molar-refractivity contribution in [3.63, 3.8) is 0 Å². The number of hydrogen-bond donors (Lipinski definition) is 0. The van der Waals surface area contributed by atoms with Gasteiger partial charge in [0.05, 0.1) is 12.5 Å². The molecule has 0 aliphatic heterocycles. The maximum absolute atomic E-state index is 11.2. The van der Waals surface area contributed by atoms with Crippen molar-refractivity contribution in [1.82, 2.24) is 0 Å². The first-order chi connectivity index (χ1) is 6.57. The Balaban J connectivity index is 3.72. The van der Waals surface area contributed by atoms with Crippen LogP contribution in [0.1, 0.15) is 33.6 Å². The van der Waals surface area contributed by atoms with E-state index in [1.54, 1.807) is 0 Å². The number of ether oxygens (including phenoxy) is 1. The van der Waals surface area contributed by atoms with E-state index in [1.807, 2.05) is 32.9 Å². The van der Waals surface area contributed by atoms with Gasteiger partial charge in [0, 0.05) is 0 Å². The number of carbonyl (C=O) groups is 1. The Labute approximate surface area is 86.6 Å². The number of hydrogen-bond acceptors (Lipinski definition) is 2. The van der Waals surface area contributed by atoms with Crippen LogP contribution < -0.4 is 0 Å². The highest BCUT2D eigenvalue weighted by molar-refractivity contribution is 5.72. The van der Waals surface area contributed by atoms with E-state index >= 15 is 0 Å². The highest BCUT2D eigenvalue weighted by Crippen LogP contribution is 2.06. The van der Waals surface area contributed by atoms with Gasteiger partial charge in [0.25, 0.3) is 0 Å². The van der Waals surface area contributed by atoms with Crippen molar-refractivity contribution in [2.45, 2.75) is 33.6 Å². The van der Waals surface area contributed by atoms with Gasteiger partial charge in [-0.25, -0.2) is 0 Å². The third kappa shape index (κ3) is 6.46. The summed E-state index contributed by atoms with van der Waals surface area (Å²) in [5, 5.41) is 0. The lowest BCUT2D eigenvalue weighted by molar-refractivity contribution is -0.147. The van der Waals surface area contributed by atoms with Gasteiger partial charge in [-0.05, 0) is 26.7 Å². The topological polar surface area (TPSA) is 26.3 Å². The SMILES string of the molecule is C=C(C)CC=CCC(C)C(=O)OCC. The molecule has 0 heterocycles. The van der Waals surface area contributed by atoms with Crippen molar-refractivity contribution >= 4 is 5.97 Å². The molecule has 1 unspecified atom stereocenters. The van der Waals surface area contributed by atoms with Crippen LogP contribution in [0.3, 0.4) is 0 Å². The summed E-state index contributed by atoms with van der Waals surface area (Å²) in [4.78, 5) is 11.2. The average Bonchev–Trinajstić information content (AvgIpc) is 2.12. The fourth-order valence-electron chi connectivity index (χ4n) is 0.966. The summed E-state index contributed by atoms with van der Waals surface area (Å²) in [7, 11) is 0. The third-order valence-electron chi connectivity index (χ3n) is 1.81. The van der Waals surface area contributed by atoms with E-state index < -0.39 is 0 Å². The molecule has 0 amide bonds. The monoisotopic (exact) mass is 196 g/mol. The van der Waals surface area contributed by atoms with E-state index in [0.29, 0.717) is 6.61 Å². The molecule has 2 heteroatoms. The molecule has 0 aliphatic rings. The molecule has 80 valence electrons. The standard InChI is InChI=1S/C12H20O2/c1-5-14-12(13)11(4)9-7-6-8-10(2)3/h6-7,11H,2,5,8-9H2,1,3-4H3. The summed E-state index contributed by atoms with van der Waals surface area (Å²) in [5.74, 6) is -0.163. The predicted octanol–water partition coefficient (Wildman–Crippen LogP) is 3.10. The zero-order valence-electron chi connectivity index (χ0n) is 9.38. The Morgan fingerprint density at radius 2 is 2.14 bits per heavy atom. The molecule has 0 rings (SSSR count). The molecule has 0 aromatic rings. The van der Waals surface area contributed by atoms with Crippen molar-refractivity contribution in [3.05, 3.63) is 24.3 Å². The minimum atomic E-state index is -0.118. The number of rotatable bonds is 6. The number of allylic oxidation sites excluding steroid dienone is 3. The van der Waals surface area contributed by atoms with E-state index in [1.165, 1.54) is 0 Å². The molecule has 0 aromatic heterocycles. The van der Waals surface area contributed by atoms with E-state index in [2.05, 4.69) is 6.58 Å². The van der Waals surface area contributed by atoms with Gasteiger partial charge in [-0.1, -0.05) is 31.2 Å². The Morgan fingerprint density at radius 1 is 1.50 bits per heavy atom. The molecule has 2 nitrogen and oxygen atoms in total. The summed E-state index contributed by atoms with van der Waals surface area (Å²) in [5.41, 5.74) is 1.13. The van der Waals surface area contributed by atoms with Crippen molar-refractivity contribution in [2.24, 2.45) is 5.92 Å². The van der Waals surface area contributed by atoms with Gasteiger partial charge in [0.2, 0.25) is 0 Å². The lowest BCUT2D eigenvalue weighted by Crippen LogP contribution is -2.13. The van der Waals surface area contributed by atoms with Crippen LogP contribution in [0.4, 0.5) is 0 Å². The quantitative estimate of drug-likeness (QED) is 0.482. The maximum Gasteiger partial charge on any atom is 0.308 e. The summed E-state index contributed by atoms with van der Waals surface area (Å²) in [6.07, 6.45) is 5.68. The highest BCUT2D eigenvalue weighted by Gasteiger charge is 2.11. The van der Waals surface area contributed by atoms with Crippen molar-refractivity contribution < 1.29 is 9.53 Å². The van der Waals surface area contributed by atoms with Crippen LogP contribution in [-0.2, 0) is 9.53 Å². The van der Waals surface area contributed by atoms with Gasteiger partial charge in [-0.2, -0.15) is 0 Å². The largest absolute Gasteiger partial charge is 0.466 e. The van der Waals surface area contributed by atoms with Gasteiger partial charge in [0.1, 0.15) is 0 Å². The van der Waals surface area contributed by atoms with Crippen molar-refractivity contribution in [1.29, 1.82) is 0 Å². The molecular formula is C12H20O2. The Kier molecular flexibility index (Phi) is 6.81. The molecule has 0 aromatic carbocycles. The molecule has 0 aliphatic carbocycles. The Hall–Kier alpha value is -1.05. The molecular weight excluding hydrogens is 176 g/mol. The van der Waals surface area contributed by atoms with E-state index in [9.17, 15) is 4.79 Å². The predicted molar refractivity (Wildman–Crippen MR) is 59.0 cm³/mol. The van der Waals surface area contributed by atoms with Gasteiger partial charge >= 0.3 is 5.97 Å². The first-order valence-corrected chi connectivity index (χ1v) is 5.04. The third-order valence-corrected chi connectivity index (χ3v) is 1.81. The normalized spacial score (nSPS) is 12.8. The molecule has 14 heavy (non-hydrogen) atoms. The molecule has 0 spiro atoms. The van der Waals surface area contributed by atoms with E-state index in [-0.39, 0.29) is 11.9 Å². The zero-order chi connectivity index (χ0) is 11.0. The second-order valence-corrected chi connectivity index (χ2v) is 3.52. The molecule has 1 atom stereocenters.